The van der Waals surface area contributed by atoms with Crippen LogP contribution in [0.25, 0.3) is 52.2 Å². The molecule has 0 N–H and O–H groups in total. The first-order chi connectivity index (χ1) is 33.2. The first-order valence-electron chi connectivity index (χ1n) is 22.8. The monoisotopic (exact) mass is 889 g/mol. The smallest absolute Gasteiger partial charge is 0.264 e. The molecule has 4 nitrogen and oxygen atoms in total. The van der Waals surface area contributed by atoms with Crippen LogP contribution in [0.1, 0.15) is 0 Å². The van der Waals surface area contributed by atoms with Crippen molar-refractivity contribution in [1.82, 2.24) is 0 Å². The molecule has 3 aliphatic rings. The standard InChI is InChI=1S/C60H36BN3OS2/c1-2-17-39(18-3-1)62-41-29-31-47-50(36-41)64(49-24-9-11-26-54(49)65-53-25-10-8-23-48(53)62)52-34-38(43-22-14-16-37-15-4-5-19-42(37)43)33-51-58(52)61(47)60-59(45-21-7-13-28-56(45)67-60)63(51)40-30-32-57-46(35-40)44-20-6-12-27-55(44)66-57/h1-36H. The van der Waals surface area contributed by atoms with E-state index >= 15 is 0 Å². The van der Waals surface area contributed by atoms with Crippen LogP contribution in [0, 0.1) is 0 Å². The molecule has 0 spiro atoms. The lowest BCUT2D eigenvalue weighted by atomic mass is 9.36. The van der Waals surface area contributed by atoms with Crippen molar-refractivity contribution >= 4 is 137 Å². The van der Waals surface area contributed by atoms with Crippen LogP contribution in [0.2, 0.25) is 0 Å². The van der Waals surface area contributed by atoms with Gasteiger partial charge in [0.1, 0.15) is 0 Å². The predicted octanol–water partition coefficient (Wildman–Crippen LogP) is 15.7. The molecule has 0 unspecified atom stereocenters. The zero-order chi connectivity index (χ0) is 43.7. The zero-order valence-electron chi connectivity index (χ0n) is 35.9. The molecule has 312 valence electrons. The van der Waals surface area contributed by atoms with Crippen LogP contribution in [0.4, 0.5) is 51.2 Å². The minimum atomic E-state index is -0.0466. The van der Waals surface area contributed by atoms with E-state index in [2.05, 4.69) is 233 Å². The minimum Gasteiger partial charge on any atom is -0.453 e. The molecule has 2 aromatic heterocycles. The highest BCUT2D eigenvalue weighted by atomic mass is 32.1. The maximum absolute atomic E-state index is 7.20. The molecule has 0 amide bonds. The number of anilines is 9. The third-order valence-electron chi connectivity index (χ3n) is 14.0. The number of rotatable bonds is 3. The van der Waals surface area contributed by atoms with Gasteiger partial charge in [-0.2, -0.15) is 0 Å². The summed E-state index contributed by atoms with van der Waals surface area (Å²) >= 11 is 3.80. The summed E-state index contributed by atoms with van der Waals surface area (Å²) in [6.07, 6.45) is 0. The molecular weight excluding hydrogens is 854 g/mol. The van der Waals surface area contributed by atoms with Gasteiger partial charge in [0, 0.05) is 69.2 Å². The van der Waals surface area contributed by atoms with Gasteiger partial charge in [-0.05, 0) is 124 Å². The van der Waals surface area contributed by atoms with Gasteiger partial charge in [0.2, 0.25) is 0 Å². The fourth-order valence-electron chi connectivity index (χ4n) is 11.1. The first-order valence-corrected chi connectivity index (χ1v) is 24.4. The van der Waals surface area contributed by atoms with Crippen LogP contribution in [0.5, 0.6) is 11.5 Å². The van der Waals surface area contributed by atoms with E-state index in [1.807, 2.05) is 22.7 Å². The summed E-state index contributed by atoms with van der Waals surface area (Å²) in [7, 11) is 0. The van der Waals surface area contributed by atoms with Gasteiger partial charge in [-0.15, -0.1) is 22.7 Å². The molecular formula is C60H36BN3OS2. The molecule has 7 heteroatoms. The Morgan fingerprint density at radius 1 is 0.373 bits per heavy atom. The van der Waals surface area contributed by atoms with E-state index in [0.717, 1.165) is 56.9 Å². The number of hydrogen-bond donors (Lipinski definition) is 0. The quantitative estimate of drug-likeness (QED) is 0.165. The summed E-state index contributed by atoms with van der Waals surface area (Å²) in [5.74, 6) is 1.57. The lowest BCUT2D eigenvalue weighted by molar-refractivity contribution is 0.484. The van der Waals surface area contributed by atoms with Gasteiger partial charge in [0.25, 0.3) is 6.71 Å². The normalized spacial score (nSPS) is 13.4. The highest BCUT2D eigenvalue weighted by molar-refractivity contribution is 7.33. The Hall–Kier alpha value is -8.10. The van der Waals surface area contributed by atoms with Crippen molar-refractivity contribution in [1.29, 1.82) is 0 Å². The lowest BCUT2D eigenvalue weighted by Gasteiger charge is -2.44. The summed E-state index contributed by atoms with van der Waals surface area (Å²) in [6, 6.07) is 80.2. The van der Waals surface area contributed by atoms with Crippen molar-refractivity contribution < 1.29 is 4.74 Å². The van der Waals surface area contributed by atoms with Crippen molar-refractivity contribution in [3.05, 3.63) is 218 Å². The van der Waals surface area contributed by atoms with E-state index in [-0.39, 0.29) is 6.71 Å². The Balaban J connectivity index is 1.09. The highest BCUT2D eigenvalue weighted by Gasteiger charge is 2.46. The zero-order valence-corrected chi connectivity index (χ0v) is 37.6. The molecule has 2 bridgehead atoms. The highest BCUT2D eigenvalue weighted by Crippen LogP contribution is 2.54. The van der Waals surface area contributed by atoms with E-state index in [4.69, 9.17) is 4.74 Å². The first kappa shape index (κ1) is 37.2. The van der Waals surface area contributed by atoms with E-state index in [1.54, 1.807) is 0 Å². The van der Waals surface area contributed by atoms with Crippen molar-refractivity contribution in [3.8, 4) is 22.6 Å². The topological polar surface area (TPSA) is 19.0 Å². The maximum atomic E-state index is 7.20. The van der Waals surface area contributed by atoms with Gasteiger partial charge < -0.3 is 19.4 Å². The summed E-state index contributed by atoms with van der Waals surface area (Å²) in [4.78, 5) is 7.44. The Morgan fingerprint density at radius 2 is 0.985 bits per heavy atom. The summed E-state index contributed by atoms with van der Waals surface area (Å²) in [5, 5.41) is 6.28. The number of para-hydroxylation sites is 5. The van der Waals surface area contributed by atoms with E-state index in [9.17, 15) is 0 Å². The SMILES string of the molecule is c1ccc(N2c3ccc4c(c3)N(c3ccccc3Oc3ccccc32)c2cc(-c3cccc5ccccc35)cc3c2B4c2sc4ccccc4c2N3c2ccc3sc4ccccc4c3c2)cc1. The van der Waals surface area contributed by atoms with Crippen molar-refractivity contribution in [3.63, 3.8) is 0 Å². The number of fused-ring (bicyclic) bond motifs is 14. The second-order valence-corrected chi connectivity index (χ2v) is 19.8. The van der Waals surface area contributed by atoms with E-state index < -0.39 is 0 Å². The van der Waals surface area contributed by atoms with Gasteiger partial charge in [-0.1, -0.05) is 127 Å². The number of ether oxygens (including phenoxy) is 1. The number of nitrogens with zero attached hydrogens (tertiary/aromatic N) is 3. The van der Waals surface area contributed by atoms with Crippen LogP contribution in [0.15, 0.2) is 218 Å². The molecule has 12 aromatic rings. The average molecular weight is 890 g/mol. The molecule has 67 heavy (non-hydrogen) atoms. The number of hydrogen-bond acceptors (Lipinski definition) is 6. The van der Waals surface area contributed by atoms with Crippen LogP contribution >= 0.6 is 22.7 Å². The van der Waals surface area contributed by atoms with Crippen LogP contribution in [-0.4, -0.2) is 6.71 Å². The Morgan fingerprint density at radius 3 is 1.81 bits per heavy atom. The molecule has 0 fully saturated rings. The molecule has 10 aromatic carbocycles. The lowest BCUT2D eigenvalue weighted by Crippen LogP contribution is -2.60. The Labute approximate surface area is 395 Å². The van der Waals surface area contributed by atoms with Crippen LogP contribution in [-0.2, 0) is 0 Å². The molecule has 0 aliphatic carbocycles. The molecule has 0 radical (unpaired) electrons. The van der Waals surface area contributed by atoms with Gasteiger partial charge in [-0.3, -0.25) is 0 Å². The third-order valence-corrected chi connectivity index (χ3v) is 16.4. The molecule has 0 saturated carbocycles. The third kappa shape index (κ3) is 5.41. The molecule has 0 saturated heterocycles. The molecule has 15 rings (SSSR count). The predicted molar refractivity (Wildman–Crippen MR) is 286 cm³/mol. The summed E-state index contributed by atoms with van der Waals surface area (Å²) < 4.78 is 12.4. The van der Waals surface area contributed by atoms with Crippen LogP contribution in [0.3, 0.4) is 0 Å². The fourth-order valence-corrected chi connectivity index (χ4v) is 13.6. The minimum absolute atomic E-state index is 0.0466. The Bertz CT molecular complexity index is 4020. The summed E-state index contributed by atoms with van der Waals surface area (Å²) in [6.45, 7) is -0.0466. The average Bonchev–Trinajstić information content (AvgIpc) is 3.95. The van der Waals surface area contributed by atoms with Crippen molar-refractivity contribution in [2.24, 2.45) is 0 Å². The van der Waals surface area contributed by atoms with Gasteiger partial charge >= 0.3 is 0 Å². The van der Waals surface area contributed by atoms with E-state index in [0.29, 0.717) is 0 Å². The number of thiophene rings is 2. The summed E-state index contributed by atoms with van der Waals surface area (Å²) in [5.41, 5.74) is 14.8. The molecule has 0 atom stereocenters. The number of benzene rings is 10. The maximum Gasteiger partial charge on any atom is 0.264 e. The van der Waals surface area contributed by atoms with Gasteiger partial charge in [-0.25, -0.2) is 0 Å². The van der Waals surface area contributed by atoms with E-state index in [1.165, 1.54) is 73.7 Å². The van der Waals surface area contributed by atoms with Gasteiger partial charge in [0.05, 0.1) is 17.1 Å². The van der Waals surface area contributed by atoms with Crippen LogP contribution < -0.4 is 35.1 Å². The molecule has 3 aliphatic heterocycles. The second kappa shape index (κ2) is 14.2. The Kier molecular flexibility index (Phi) is 7.88. The molecule has 5 heterocycles. The van der Waals surface area contributed by atoms with Crippen molar-refractivity contribution in [2.75, 3.05) is 14.7 Å². The van der Waals surface area contributed by atoms with Crippen molar-refractivity contribution in [2.45, 2.75) is 0 Å². The largest absolute Gasteiger partial charge is 0.453 e. The van der Waals surface area contributed by atoms with Gasteiger partial charge in [0.15, 0.2) is 11.5 Å². The second-order valence-electron chi connectivity index (χ2n) is 17.6. The fraction of sp³-hybridized carbons (Fsp3) is 0.